The molecule has 0 aromatic carbocycles. The summed E-state index contributed by atoms with van der Waals surface area (Å²) in [7, 11) is -0.330. The van der Waals surface area contributed by atoms with Gasteiger partial charge in [0.15, 0.2) is 0 Å². The highest BCUT2D eigenvalue weighted by molar-refractivity contribution is 7.91. The van der Waals surface area contributed by atoms with Crippen LogP contribution in [-0.4, -0.2) is 61.6 Å². The zero-order chi connectivity index (χ0) is 23.9. The van der Waals surface area contributed by atoms with Gasteiger partial charge in [-0.05, 0) is 39.4 Å². The largest absolute Gasteiger partial charge is 0.490 e. The fraction of sp³-hybridized carbons (Fsp3) is 0.429. The van der Waals surface area contributed by atoms with Gasteiger partial charge in [-0.15, -0.1) is 11.3 Å². The summed E-state index contributed by atoms with van der Waals surface area (Å²) >= 11 is 0.979. The van der Waals surface area contributed by atoms with Gasteiger partial charge >= 0.3 is 0 Å². The molecule has 1 amide bonds. The van der Waals surface area contributed by atoms with E-state index < -0.39 is 10.0 Å². The number of rotatable bonds is 7. The lowest BCUT2D eigenvalue weighted by Crippen LogP contribution is -2.30. The molecule has 4 N–H and O–H groups in total. The number of pyridine rings is 1. The Labute approximate surface area is 195 Å². The van der Waals surface area contributed by atoms with E-state index in [1.807, 2.05) is 7.05 Å². The zero-order valence-corrected chi connectivity index (χ0v) is 20.3. The summed E-state index contributed by atoms with van der Waals surface area (Å²) in [5, 5.41) is 8.62. The number of likely N-dealkylation sites (tertiary alicyclic amines) is 1. The van der Waals surface area contributed by atoms with Crippen molar-refractivity contribution >= 4 is 38.2 Å². The number of nitrogens with two attached hydrogens (primary N) is 1. The van der Waals surface area contributed by atoms with Crippen molar-refractivity contribution in [2.75, 3.05) is 26.7 Å². The average molecular weight is 494 g/mol. The Morgan fingerprint density at radius 3 is 2.76 bits per heavy atom. The Kier molecular flexibility index (Phi) is 6.36. The number of primary sulfonamides is 1. The van der Waals surface area contributed by atoms with E-state index >= 15 is 0 Å². The number of carbonyl (C=O) groups is 1. The molecule has 3 aromatic rings. The molecule has 1 fully saturated rings. The van der Waals surface area contributed by atoms with Crippen LogP contribution in [0.3, 0.4) is 0 Å². The summed E-state index contributed by atoms with van der Waals surface area (Å²) in [6, 6.07) is 3.26. The molecule has 3 aromatic heterocycles. The van der Waals surface area contributed by atoms with Crippen LogP contribution in [0.25, 0.3) is 21.3 Å². The highest BCUT2D eigenvalue weighted by atomic mass is 32.2. The van der Waals surface area contributed by atoms with Gasteiger partial charge in [0.05, 0.1) is 4.88 Å². The molecule has 10 nitrogen and oxygen atoms in total. The smallest absolute Gasteiger partial charge is 0.274 e. The van der Waals surface area contributed by atoms with E-state index in [0.717, 1.165) is 30.7 Å². The number of nitrogens with one attached hydrogen (secondary N) is 2. The molecule has 0 spiro atoms. The number of fused-ring (bicyclic) bond motifs is 1. The second kappa shape index (κ2) is 8.93. The maximum atomic E-state index is 12.7. The number of amides is 1. The van der Waals surface area contributed by atoms with Crippen molar-refractivity contribution in [3.63, 3.8) is 0 Å². The topological polar surface area (TPSA) is 140 Å². The first-order valence-corrected chi connectivity index (χ1v) is 13.0. The summed E-state index contributed by atoms with van der Waals surface area (Å²) in [5.74, 6) is 0.0453. The molecule has 1 aliphatic rings. The van der Waals surface area contributed by atoms with E-state index in [2.05, 4.69) is 15.2 Å². The highest BCUT2D eigenvalue weighted by Gasteiger charge is 2.26. The SMILES string of the molecule is CCNC(=O)c1cc2c(-c3sc(S(N)(=O)=O)cc3OCC3CCCN3C)cn(C)c(=O)c2[nH]1. The Bertz CT molecular complexity index is 1370. The summed E-state index contributed by atoms with van der Waals surface area (Å²) < 4.78 is 31.7. The molecule has 4 heterocycles. The molecule has 1 saturated heterocycles. The molecule has 1 aliphatic heterocycles. The number of sulfonamides is 1. The van der Waals surface area contributed by atoms with Crippen LogP contribution in [0, 0.1) is 0 Å². The second-order valence-corrected chi connectivity index (χ2v) is 11.0. The van der Waals surface area contributed by atoms with Crippen LogP contribution in [0.15, 0.2) is 27.3 Å². The van der Waals surface area contributed by atoms with Crippen molar-refractivity contribution in [1.82, 2.24) is 19.8 Å². The summed E-state index contributed by atoms with van der Waals surface area (Å²) in [5.41, 5.74) is 0.772. The number of carbonyl (C=O) groups excluding carboxylic acids is 1. The van der Waals surface area contributed by atoms with Gasteiger partial charge in [-0.3, -0.25) is 9.59 Å². The summed E-state index contributed by atoms with van der Waals surface area (Å²) in [6.07, 6.45) is 3.69. The van der Waals surface area contributed by atoms with Crippen LogP contribution < -0.4 is 20.8 Å². The highest BCUT2D eigenvalue weighted by Crippen LogP contribution is 2.42. The first-order valence-electron chi connectivity index (χ1n) is 10.6. The maximum absolute atomic E-state index is 12.7. The van der Waals surface area contributed by atoms with Crippen molar-refractivity contribution in [2.45, 2.75) is 30.0 Å². The van der Waals surface area contributed by atoms with Crippen molar-refractivity contribution < 1.29 is 17.9 Å². The molecule has 0 aliphatic carbocycles. The number of thiophene rings is 1. The summed E-state index contributed by atoms with van der Waals surface area (Å²) in [4.78, 5) is 30.8. The number of aryl methyl sites for hydroxylation is 1. The van der Waals surface area contributed by atoms with Gasteiger partial charge in [-0.25, -0.2) is 13.6 Å². The van der Waals surface area contributed by atoms with Crippen LogP contribution in [0.1, 0.15) is 30.3 Å². The standard InChI is InChI=1S/C21H27N5O5S2/c1-4-23-20(27)15-8-13-14(10-26(3)21(28)18(13)24-15)19-16(9-17(32-19)33(22,29)30)31-11-12-6-5-7-25(12)2/h8-10,12,24H,4-7,11H2,1-3H3,(H,23,27)(H2,22,29,30). The van der Waals surface area contributed by atoms with Gasteiger partial charge in [-0.1, -0.05) is 0 Å². The third kappa shape index (κ3) is 4.56. The number of aromatic nitrogens is 2. The monoisotopic (exact) mass is 493 g/mol. The molecule has 0 saturated carbocycles. The fourth-order valence-corrected chi connectivity index (χ4v) is 5.90. The predicted molar refractivity (Wildman–Crippen MR) is 127 cm³/mol. The van der Waals surface area contributed by atoms with Crippen LogP contribution >= 0.6 is 11.3 Å². The second-order valence-electron chi connectivity index (χ2n) is 8.18. The molecular weight excluding hydrogens is 466 g/mol. The van der Waals surface area contributed by atoms with Crippen LogP contribution in [0.4, 0.5) is 0 Å². The molecular formula is C21H27N5O5S2. The lowest BCUT2D eigenvalue weighted by Gasteiger charge is -2.19. The lowest BCUT2D eigenvalue weighted by molar-refractivity contribution is 0.0951. The van der Waals surface area contributed by atoms with E-state index in [1.54, 1.807) is 26.2 Å². The van der Waals surface area contributed by atoms with E-state index in [-0.39, 0.29) is 32.9 Å². The third-order valence-corrected chi connectivity index (χ3v) is 8.42. The van der Waals surface area contributed by atoms with Crippen molar-refractivity contribution in [3.05, 3.63) is 34.4 Å². The van der Waals surface area contributed by atoms with E-state index in [0.29, 0.717) is 34.7 Å². The van der Waals surface area contributed by atoms with Gasteiger partial charge < -0.3 is 24.5 Å². The van der Waals surface area contributed by atoms with Crippen LogP contribution in [0.2, 0.25) is 0 Å². The average Bonchev–Trinajstić information content (AvgIpc) is 3.47. The predicted octanol–water partition coefficient (Wildman–Crippen LogP) is 1.47. The summed E-state index contributed by atoms with van der Waals surface area (Å²) in [6.45, 7) is 3.63. The van der Waals surface area contributed by atoms with Gasteiger partial charge in [-0.2, -0.15) is 0 Å². The first kappa shape index (κ1) is 23.5. The van der Waals surface area contributed by atoms with E-state index in [4.69, 9.17) is 9.88 Å². The minimum Gasteiger partial charge on any atom is -0.490 e. The molecule has 12 heteroatoms. The Morgan fingerprint density at radius 2 is 2.12 bits per heavy atom. The van der Waals surface area contributed by atoms with Gasteiger partial charge in [0, 0.05) is 42.8 Å². The number of hydrogen-bond donors (Lipinski definition) is 3. The maximum Gasteiger partial charge on any atom is 0.274 e. The zero-order valence-electron chi connectivity index (χ0n) is 18.7. The molecule has 178 valence electrons. The van der Waals surface area contributed by atoms with Crippen molar-refractivity contribution in [3.8, 4) is 16.2 Å². The molecule has 4 rings (SSSR count). The Morgan fingerprint density at radius 1 is 1.36 bits per heavy atom. The Hall–Kier alpha value is -2.67. The van der Waals surface area contributed by atoms with Gasteiger partial charge in [0.2, 0.25) is 10.0 Å². The third-order valence-electron chi connectivity index (χ3n) is 5.85. The van der Waals surface area contributed by atoms with E-state index in [9.17, 15) is 18.0 Å². The number of likely N-dealkylation sites (N-methyl/N-ethyl adjacent to an activating group) is 1. The normalized spacial score (nSPS) is 17.0. The first-order chi connectivity index (χ1) is 15.6. The number of H-pyrrole nitrogens is 1. The van der Waals surface area contributed by atoms with Gasteiger partial charge in [0.1, 0.15) is 27.8 Å². The van der Waals surface area contributed by atoms with Crippen LogP contribution in [0.5, 0.6) is 5.75 Å². The quantitative estimate of drug-likeness (QED) is 0.455. The van der Waals surface area contributed by atoms with Crippen molar-refractivity contribution in [2.24, 2.45) is 12.2 Å². The lowest BCUT2D eigenvalue weighted by atomic mass is 10.1. The van der Waals surface area contributed by atoms with E-state index in [1.165, 1.54) is 10.6 Å². The molecule has 1 atom stereocenters. The number of hydrogen-bond acceptors (Lipinski definition) is 7. The number of ether oxygens (including phenoxy) is 1. The molecule has 1 unspecified atom stereocenters. The van der Waals surface area contributed by atoms with Crippen LogP contribution in [-0.2, 0) is 17.1 Å². The minimum atomic E-state index is -3.96. The minimum absolute atomic E-state index is 0.0336. The van der Waals surface area contributed by atoms with Gasteiger partial charge in [0.25, 0.3) is 11.5 Å². The number of aromatic amines is 1. The fourth-order valence-electron chi connectivity index (χ4n) is 4.06. The molecule has 33 heavy (non-hydrogen) atoms. The van der Waals surface area contributed by atoms with Crippen molar-refractivity contribution in [1.29, 1.82) is 0 Å². The molecule has 0 radical (unpaired) electrons. The number of nitrogens with zero attached hydrogens (tertiary/aromatic N) is 2. The Balaban J connectivity index is 1.85. The molecule has 0 bridgehead atoms.